The summed E-state index contributed by atoms with van der Waals surface area (Å²) in [7, 11) is 1.38. The number of carbonyl (C=O) groups is 2. The highest BCUT2D eigenvalue weighted by Gasteiger charge is 2.37. The normalized spacial score (nSPS) is 18.0. The van der Waals surface area contributed by atoms with Crippen LogP contribution in [0.3, 0.4) is 0 Å². The number of aliphatic hydroxyl groups is 1. The Kier molecular flexibility index (Phi) is 5.36. The molecule has 1 fully saturated rings. The predicted octanol–water partition coefficient (Wildman–Crippen LogP) is 0.506. The highest BCUT2D eigenvalue weighted by atomic mass is 19.1. The van der Waals surface area contributed by atoms with Crippen LogP contribution < -0.4 is 16.2 Å². The molecule has 0 radical (unpaired) electrons. The topological polar surface area (TPSA) is 100 Å². The van der Waals surface area contributed by atoms with Crippen LogP contribution in [0.2, 0.25) is 0 Å². The molecule has 2 amide bonds. The van der Waals surface area contributed by atoms with Gasteiger partial charge >= 0.3 is 0 Å². The molecule has 3 N–H and O–H groups in total. The van der Waals surface area contributed by atoms with Crippen molar-refractivity contribution in [3.63, 3.8) is 0 Å². The minimum absolute atomic E-state index is 0.0127. The van der Waals surface area contributed by atoms with E-state index in [4.69, 9.17) is 5.11 Å². The second-order valence-electron chi connectivity index (χ2n) is 6.50. The molecule has 1 aliphatic rings. The van der Waals surface area contributed by atoms with Gasteiger partial charge in [-0.05, 0) is 18.6 Å². The lowest BCUT2D eigenvalue weighted by Gasteiger charge is -2.12. The third-order valence-electron chi connectivity index (χ3n) is 4.59. The summed E-state index contributed by atoms with van der Waals surface area (Å²) in [5.74, 6) is -1.54. The van der Waals surface area contributed by atoms with Gasteiger partial charge in [-0.3, -0.25) is 14.4 Å². The van der Waals surface area contributed by atoms with Crippen molar-refractivity contribution < 1.29 is 19.1 Å². The maximum atomic E-state index is 14.0. The van der Waals surface area contributed by atoms with Gasteiger partial charge in [0.2, 0.25) is 0 Å². The van der Waals surface area contributed by atoms with Crippen LogP contribution in [0.5, 0.6) is 0 Å². The fourth-order valence-electron chi connectivity index (χ4n) is 2.86. The van der Waals surface area contributed by atoms with Crippen LogP contribution in [0, 0.1) is 11.7 Å². The number of aromatic nitrogens is 1. The number of halogens is 1. The minimum Gasteiger partial charge on any atom is -0.396 e. The molecule has 2 atom stereocenters. The lowest BCUT2D eigenvalue weighted by molar-refractivity contribution is 0.0946. The first-order valence-corrected chi connectivity index (χ1v) is 8.56. The number of nitrogens with zero attached hydrogens (tertiary/aromatic N) is 1. The van der Waals surface area contributed by atoms with Crippen molar-refractivity contribution in [3.05, 3.63) is 69.4 Å². The van der Waals surface area contributed by atoms with Gasteiger partial charge in [0.1, 0.15) is 11.4 Å². The molecule has 0 aliphatic heterocycles. The van der Waals surface area contributed by atoms with Crippen molar-refractivity contribution in [2.75, 3.05) is 13.7 Å². The molecule has 1 saturated carbocycles. The lowest BCUT2D eigenvalue weighted by Crippen LogP contribution is -2.34. The Morgan fingerprint density at radius 2 is 2.04 bits per heavy atom. The summed E-state index contributed by atoms with van der Waals surface area (Å²) in [5, 5.41) is 14.2. The van der Waals surface area contributed by atoms with Crippen molar-refractivity contribution in [2.24, 2.45) is 5.92 Å². The van der Waals surface area contributed by atoms with Gasteiger partial charge in [-0.1, -0.05) is 18.2 Å². The molecular weight excluding hydrogens is 353 g/mol. The number of amides is 2. The Morgan fingerprint density at radius 1 is 1.30 bits per heavy atom. The third-order valence-corrected chi connectivity index (χ3v) is 4.59. The first-order valence-electron chi connectivity index (χ1n) is 8.56. The number of hydrogen-bond acceptors (Lipinski definition) is 4. The van der Waals surface area contributed by atoms with E-state index in [2.05, 4.69) is 10.6 Å². The molecule has 0 bridgehead atoms. The molecule has 7 nitrogen and oxygen atoms in total. The number of aliphatic hydroxyl groups excluding tert-OH is 1. The second-order valence-corrected chi connectivity index (χ2v) is 6.50. The summed E-state index contributed by atoms with van der Waals surface area (Å²) >= 11 is 0. The van der Waals surface area contributed by atoms with Crippen LogP contribution in [0.15, 0.2) is 41.3 Å². The van der Waals surface area contributed by atoms with Crippen LogP contribution in [0.4, 0.5) is 4.39 Å². The molecule has 1 aromatic heterocycles. The Balaban J connectivity index is 1.96. The summed E-state index contributed by atoms with van der Waals surface area (Å²) in [6.07, 6.45) is 1.99. The lowest BCUT2D eigenvalue weighted by atomic mass is 10.1. The van der Waals surface area contributed by atoms with Crippen molar-refractivity contribution in [1.82, 2.24) is 15.2 Å². The molecule has 1 unspecified atom stereocenters. The molecule has 142 valence electrons. The molecule has 0 saturated heterocycles. The van der Waals surface area contributed by atoms with E-state index in [0.717, 1.165) is 4.57 Å². The van der Waals surface area contributed by atoms with Crippen LogP contribution in [-0.4, -0.2) is 41.2 Å². The standard InChI is InChI=1S/C19H20FN3O4/c1-21-18(26)14-6-12(17(25)22-16-7-13(16)10-24)9-23(19(14)27)8-11-4-2-3-5-15(11)20/h2-6,9,13,16,24H,7-8,10H2,1H3,(H,21,26)(H,22,25)/t13?,16-/m1/s1. The Hall–Kier alpha value is -3.00. The Bertz CT molecular complexity index is 941. The number of nitrogens with one attached hydrogen (secondary N) is 2. The first-order chi connectivity index (χ1) is 12.9. The first kappa shape index (κ1) is 18.8. The summed E-state index contributed by atoms with van der Waals surface area (Å²) in [5.41, 5.74) is -0.430. The number of hydrogen-bond donors (Lipinski definition) is 3. The number of pyridine rings is 1. The van der Waals surface area contributed by atoms with E-state index >= 15 is 0 Å². The van der Waals surface area contributed by atoms with E-state index in [1.807, 2.05) is 0 Å². The zero-order chi connectivity index (χ0) is 19.6. The van der Waals surface area contributed by atoms with Crippen LogP contribution in [0.25, 0.3) is 0 Å². The average molecular weight is 373 g/mol. The molecule has 0 spiro atoms. The number of carbonyl (C=O) groups excluding carboxylic acids is 2. The fraction of sp³-hybridized carbons (Fsp3) is 0.316. The zero-order valence-electron chi connectivity index (χ0n) is 14.7. The van der Waals surface area contributed by atoms with E-state index in [0.29, 0.717) is 6.42 Å². The van der Waals surface area contributed by atoms with Gasteiger partial charge in [-0.15, -0.1) is 0 Å². The molecule has 1 aliphatic carbocycles. The monoisotopic (exact) mass is 373 g/mol. The maximum Gasteiger partial charge on any atom is 0.263 e. The largest absolute Gasteiger partial charge is 0.396 e. The summed E-state index contributed by atoms with van der Waals surface area (Å²) in [4.78, 5) is 37.1. The fourth-order valence-corrected chi connectivity index (χ4v) is 2.86. The smallest absolute Gasteiger partial charge is 0.263 e. The molecule has 3 rings (SSSR count). The average Bonchev–Trinajstić information content (AvgIpc) is 3.42. The minimum atomic E-state index is -0.628. The molecule has 8 heteroatoms. The zero-order valence-corrected chi connectivity index (χ0v) is 14.7. The number of rotatable bonds is 6. The van der Waals surface area contributed by atoms with Gasteiger partial charge in [0.25, 0.3) is 17.4 Å². The Morgan fingerprint density at radius 3 is 2.67 bits per heavy atom. The van der Waals surface area contributed by atoms with Crippen molar-refractivity contribution in [3.8, 4) is 0 Å². The van der Waals surface area contributed by atoms with Gasteiger partial charge in [-0.2, -0.15) is 0 Å². The van der Waals surface area contributed by atoms with Gasteiger partial charge < -0.3 is 20.3 Å². The van der Waals surface area contributed by atoms with E-state index in [-0.39, 0.29) is 41.8 Å². The van der Waals surface area contributed by atoms with Gasteiger partial charge in [0, 0.05) is 37.4 Å². The van der Waals surface area contributed by atoms with Crippen LogP contribution in [0.1, 0.15) is 32.7 Å². The maximum absolute atomic E-state index is 14.0. The predicted molar refractivity (Wildman–Crippen MR) is 96.0 cm³/mol. The van der Waals surface area contributed by atoms with E-state index in [1.165, 1.54) is 37.5 Å². The summed E-state index contributed by atoms with van der Waals surface area (Å²) in [6, 6.07) is 7.09. The molecular formula is C19H20FN3O4. The van der Waals surface area contributed by atoms with Gasteiger partial charge in [0.05, 0.1) is 12.1 Å². The van der Waals surface area contributed by atoms with Crippen molar-refractivity contribution in [2.45, 2.75) is 19.0 Å². The van der Waals surface area contributed by atoms with E-state index in [9.17, 15) is 18.8 Å². The quantitative estimate of drug-likeness (QED) is 0.687. The summed E-state index contributed by atoms with van der Waals surface area (Å²) in [6.45, 7) is -0.124. The molecule has 2 aromatic rings. The van der Waals surface area contributed by atoms with E-state index < -0.39 is 23.2 Å². The highest BCUT2D eigenvalue weighted by molar-refractivity contribution is 5.99. The Labute approximate surface area is 154 Å². The van der Waals surface area contributed by atoms with Crippen molar-refractivity contribution in [1.29, 1.82) is 0 Å². The molecule has 1 heterocycles. The second kappa shape index (κ2) is 7.71. The van der Waals surface area contributed by atoms with E-state index in [1.54, 1.807) is 6.07 Å². The van der Waals surface area contributed by atoms with Gasteiger partial charge in [0.15, 0.2) is 0 Å². The number of benzene rings is 1. The van der Waals surface area contributed by atoms with Crippen LogP contribution >= 0.6 is 0 Å². The summed E-state index contributed by atoms with van der Waals surface area (Å²) < 4.78 is 15.1. The SMILES string of the molecule is CNC(=O)c1cc(C(=O)N[C@@H]2CC2CO)cn(Cc2ccccc2F)c1=O. The highest BCUT2D eigenvalue weighted by Crippen LogP contribution is 2.29. The molecule has 1 aromatic carbocycles. The molecule has 27 heavy (non-hydrogen) atoms. The van der Waals surface area contributed by atoms with Gasteiger partial charge in [-0.25, -0.2) is 4.39 Å². The van der Waals surface area contributed by atoms with Crippen LogP contribution in [-0.2, 0) is 6.54 Å². The van der Waals surface area contributed by atoms with Crippen molar-refractivity contribution >= 4 is 11.8 Å². The third kappa shape index (κ3) is 4.06.